The summed E-state index contributed by atoms with van der Waals surface area (Å²) in [5, 5.41) is 15.9. The Kier molecular flexibility index (Phi) is 5.51. The molecule has 1 aliphatic heterocycles. The van der Waals surface area contributed by atoms with E-state index in [4.69, 9.17) is 26.4 Å². The van der Waals surface area contributed by atoms with Gasteiger partial charge in [-0.25, -0.2) is 4.79 Å². The van der Waals surface area contributed by atoms with Gasteiger partial charge in [-0.05, 0) is 54.3 Å². The maximum atomic E-state index is 11.8. The molecule has 0 saturated heterocycles. The van der Waals surface area contributed by atoms with Crippen molar-refractivity contribution in [3.63, 3.8) is 0 Å². The molecule has 0 bridgehead atoms. The Hall–Kier alpha value is -4.37. The van der Waals surface area contributed by atoms with Crippen LogP contribution in [0.1, 0.15) is 46.9 Å². The summed E-state index contributed by atoms with van der Waals surface area (Å²) >= 11 is 6.34. The number of carbonyl (C=O) groups excluding carboxylic acids is 1. The number of tetrazole rings is 1. The summed E-state index contributed by atoms with van der Waals surface area (Å²) in [6.07, 6.45) is 10.9. The Morgan fingerprint density at radius 1 is 1.05 bits per heavy atom. The topological polar surface area (TPSA) is 102 Å². The highest BCUT2D eigenvalue weighted by Crippen LogP contribution is 2.39. The van der Waals surface area contributed by atoms with Gasteiger partial charge in [0.25, 0.3) is 6.33 Å². The fourth-order valence-electron chi connectivity index (χ4n) is 5.01. The number of aromatic nitrogens is 7. The monoisotopic (exact) mass is 524 g/mol. The Morgan fingerprint density at radius 3 is 2.74 bits per heavy atom. The van der Waals surface area contributed by atoms with Crippen molar-refractivity contribution in [3.05, 3.63) is 95.3 Å². The predicted molar refractivity (Wildman–Crippen MR) is 138 cm³/mol. The van der Waals surface area contributed by atoms with E-state index < -0.39 is 0 Å². The lowest BCUT2D eigenvalue weighted by molar-refractivity contribution is -0.659. The van der Waals surface area contributed by atoms with Crippen molar-refractivity contribution in [2.24, 2.45) is 5.92 Å². The van der Waals surface area contributed by atoms with Gasteiger partial charge in [0.15, 0.2) is 5.21 Å². The summed E-state index contributed by atoms with van der Waals surface area (Å²) < 4.78 is 8.91. The number of esters is 1. The number of aromatic amines is 1. The van der Waals surface area contributed by atoms with E-state index in [0.717, 1.165) is 45.6 Å². The van der Waals surface area contributed by atoms with Crippen LogP contribution in [0.15, 0.2) is 73.4 Å². The molecule has 188 valence electrons. The Balaban J connectivity index is 1.20. The first kappa shape index (κ1) is 22.8. The number of hydrogen-bond donors (Lipinski definition) is 1. The van der Waals surface area contributed by atoms with Crippen molar-refractivity contribution in [1.82, 2.24) is 30.3 Å². The molecule has 10 heteroatoms. The summed E-state index contributed by atoms with van der Waals surface area (Å²) in [7, 11) is 0. The zero-order valence-corrected chi connectivity index (χ0v) is 21.0. The van der Waals surface area contributed by atoms with Crippen molar-refractivity contribution in [1.29, 1.82) is 0 Å². The highest BCUT2D eigenvalue weighted by Gasteiger charge is 2.29. The average Bonchev–Trinajstić information content (AvgIpc) is 3.30. The number of benzene rings is 2. The number of nitrogens with zero attached hydrogens (tertiary/aromatic N) is 6. The number of ether oxygens (including phenoxy) is 1. The second kappa shape index (κ2) is 9.18. The third-order valence-electron chi connectivity index (χ3n) is 7.23. The van der Waals surface area contributed by atoms with E-state index in [-0.39, 0.29) is 12.0 Å². The number of H-pyrrole nitrogens is 1. The molecule has 1 atom stereocenters. The van der Waals surface area contributed by atoms with Crippen molar-refractivity contribution in [3.8, 4) is 27.9 Å². The first-order valence-corrected chi connectivity index (χ1v) is 12.9. The minimum Gasteiger partial charge on any atom is -0.457 e. The van der Waals surface area contributed by atoms with Gasteiger partial charge in [-0.3, -0.25) is 9.67 Å². The largest absolute Gasteiger partial charge is 0.457 e. The maximum Gasteiger partial charge on any atom is 0.338 e. The lowest BCUT2D eigenvalue weighted by Gasteiger charge is -2.17. The molecule has 7 rings (SSSR count). The SMILES string of the molecule is O=C1OCc2cc(-c3cnn(C(CC4CC4)c4ccc(-c5cc(Cl)ccc5-[n+]5cnn[nH]5)cn4)c3)ccc21. The molecule has 1 fully saturated rings. The molecule has 2 aromatic carbocycles. The zero-order valence-electron chi connectivity index (χ0n) is 20.3. The van der Waals surface area contributed by atoms with Crippen LogP contribution in [-0.2, 0) is 11.3 Å². The van der Waals surface area contributed by atoms with E-state index in [1.165, 1.54) is 12.8 Å². The quantitative estimate of drug-likeness (QED) is 0.244. The number of nitrogens with one attached hydrogen (secondary N) is 1. The number of halogens is 1. The first-order valence-electron chi connectivity index (χ1n) is 12.5. The highest BCUT2D eigenvalue weighted by molar-refractivity contribution is 6.31. The van der Waals surface area contributed by atoms with Gasteiger partial charge in [-0.2, -0.15) is 5.10 Å². The summed E-state index contributed by atoms with van der Waals surface area (Å²) in [6.45, 7) is 0.320. The van der Waals surface area contributed by atoms with Gasteiger partial charge in [0.1, 0.15) is 17.4 Å². The highest BCUT2D eigenvalue weighted by atomic mass is 35.5. The first-order chi connectivity index (χ1) is 18.6. The van der Waals surface area contributed by atoms with Crippen LogP contribution in [0, 0.1) is 5.92 Å². The molecular weight excluding hydrogens is 502 g/mol. The molecular formula is C28H23ClN7O2+. The molecule has 3 aromatic heterocycles. The molecule has 0 radical (unpaired) electrons. The minimum absolute atomic E-state index is 0.0228. The molecule has 1 N–H and O–H groups in total. The van der Waals surface area contributed by atoms with E-state index >= 15 is 0 Å². The van der Waals surface area contributed by atoms with E-state index in [0.29, 0.717) is 23.1 Å². The van der Waals surface area contributed by atoms with Gasteiger partial charge in [0.2, 0.25) is 0 Å². The van der Waals surface area contributed by atoms with Gasteiger partial charge in [-0.15, -0.1) is 4.68 Å². The molecule has 5 aromatic rings. The fourth-order valence-corrected chi connectivity index (χ4v) is 5.18. The van der Waals surface area contributed by atoms with Crippen LogP contribution in [0.4, 0.5) is 0 Å². The Morgan fingerprint density at radius 2 is 1.95 bits per heavy atom. The Labute approximate surface area is 223 Å². The smallest absolute Gasteiger partial charge is 0.338 e. The summed E-state index contributed by atoms with van der Waals surface area (Å²) in [5.41, 5.74) is 7.27. The van der Waals surface area contributed by atoms with Crippen LogP contribution in [-0.4, -0.2) is 36.3 Å². The van der Waals surface area contributed by atoms with E-state index in [9.17, 15) is 4.79 Å². The lowest BCUT2D eigenvalue weighted by atomic mass is 10.0. The van der Waals surface area contributed by atoms with Gasteiger partial charge >= 0.3 is 5.97 Å². The molecule has 38 heavy (non-hydrogen) atoms. The zero-order chi connectivity index (χ0) is 25.6. The number of cyclic esters (lactones) is 1. The van der Waals surface area contributed by atoms with E-state index in [1.807, 2.05) is 53.5 Å². The summed E-state index contributed by atoms with van der Waals surface area (Å²) in [4.78, 5) is 16.7. The van der Waals surface area contributed by atoms with Gasteiger partial charge in [0.05, 0.1) is 23.5 Å². The van der Waals surface area contributed by atoms with Crippen LogP contribution in [0.2, 0.25) is 5.02 Å². The van der Waals surface area contributed by atoms with Crippen molar-refractivity contribution in [2.75, 3.05) is 0 Å². The third-order valence-corrected chi connectivity index (χ3v) is 7.46. The average molecular weight is 525 g/mol. The standard InChI is InChI=1S/C28H22ClN7O2/c29-22-5-8-26(36-16-31-33-34-36)24(11-22)19-4-7-25(30-12-19)27(9-17-1-2-17)35-14-21(13-32-35)18-3-6-23-20(10-18)15-38-28(23)37/h3-8,10-14,16-17,27H,1-2,9,15H2/p+1. The normalized spacial score (nSPS) is 15.3. The van der Waals surface area contributed by atoms with Crippen molar-refractivity contribution >= 4 is 17.6 Å². The molecule has 1 saturated carbocycles. The van der Waals surface area contributed by atoms with Crippen LogP contribution in [0.5, 0.6) is 0 Å². The number of fused-ring (bicyclic) bond motifs is 1. The molecule has 2 aliphatic rings. The summed E-state index contributed by atoms with van der Waals surface area (Å²) in [6, 6.07) is 15.6. The number of pyridine rings is 1. The van der Waals surface area contributed by atoms with Crippen LogP contribution < -0.4 is 4.68 Å². The van der Waals surface area contributed by atoms with Crippen LogP contribution >= 0.6 is 11.6 Å². The van der Waals surface area contributed by atoms with Gasteiger partial charge in [-0.1, -0.05) is 41.8 Å². The van der Waals surface area contributed by atoms with Gasteiger partial charge in [0, 0.05) is 39.7 Å². The molecule has 1 unspecified atom stereocenters. The second-order valence-corrected chi connectivity index (χ2v) is 10.2. The fraction of sp³-hybridized carbons (Fsp3) is 0.214. The van der Waals surface area contributed by atoms with Crippen LogP contribution in [0.3, 0.4) is 0 Å². The summed E-state index contributed by atoms with van der Waals surface area (Å²) in [5.74, 6) is 0.423. The second-order valence-electron chi connectivity index (χ2n) is 9.79. The van der Waals surface area contributed by atoms with Gasteiger partial charge < -0.3 is 4.74 Å². The van der Waals surface area contributed by atoms with Crippen molar-refractivity contribution < 1.29 is 14.2 Å². The maximum absolute atomic E-state index is 11.8. The molecule has 0 spiro atoms. The van der Waals surface area contributed by atoms with Crippen molar-refractivity contribution in [2.45, 2.75) is 31.9 Å². The number of carbonyl (C=O) groups is 1. The predicted octanol–water partition coefficient (Wildman–Crippen LogP) is 4.72. The molecule has 0 amide bonds. The molecule has 9 nitrogen and oxygen atoms in total. The van der Waals surface area contributed by atoms with Crippen LogP contribution in [0.25, 0.3) is 27.9 Å². The van der Waals surface area contributed by atoms with E-state index in [1.54, 1.807) is 11.0 Å². The molecule has 4 heterocycles. The third kappa shape index (κ3) is 4.24. The number of rotatable bonds is 7. The Bertz CT molecular complexity index is 1640. The lowest BCUT2D eigenvalue weighted by Crippen LogP contribution is -2.32. The van der Waals surface area contributed by atoms with E-state index in [2.05, 4.69) is 33.9 Å². The molecule has 1 aliphatic carbocycles. The number of hydrogen-bond acceptors (Lipinski definition) is 6. The minimum atomic E-state index is -0.258.